The van der Waals surface area contributed by atoms with E-state index in [0.29, 0.717) is 18.7 Å². The molecule has 2 aromatic carbocycles. The maximum Gasteiger partial charge on any atom is 0.191 e. The van der Waals surface area contributed by atoms with E-state index in [1.54, 1.807) is 19.1 Å². The van der Waals surface area contributed by atoms with Crippen LogP contribution in [0.5, 0.6) is 0 Å². The molecule has 0 radical (unpaired) electrons. The number of halogens is 1. The minimum Gasteiger partial charge on any atom is -0.357 e. The number of guanidine groups is 1. The van der Waals surface area contributed by atoms with Gasteiger partial charge >= 0.3 is 0 Å². The van der Waals surface area contributed by atoms with Crippen molar-refractivity contribution in [3.8, 4) is 0 Å². The fourth-order valence-corrected chi connectivity index (χ4v) is 2.64. The average Bonchev–Trinajstić information content (AvgIpc) is 2.60. The maximum atomic E-state index is 13.7. The number of hydrogen-bond donors (Lipinski definition) is 2. The largest absolute Gasteiger partial charge is 0.357 e. The van der Waals surface area contributed by atoms with E-state index in [1.807, 2.05) is 13.0 Å². The van der Waals surface area contributed by atoms with Crippen molar-refractivity contribution in [1.29, 1.82) is 0 Å². The smallest absolute Gasteiger partial charge is 0.191 e. The van der Waals surface area contributed by atoms with E-state index < -0.39 is 0 Å². The molecule has 0 aliphatic heterocycles. The minimum atomic E-state index is -0.177. The quantitative estimate of drug-likeness (QED) is 0.590. The molecule has 0 heterocycles. The van der Waals surface area contributed by atoms with Crippen LogP contribution in [0, 0.1) is 12.7 Å². The van der Waals surface area contributed by atoms with Gasteiger partial charge in [0.1, 0.15) is 5.82 Å². The van der Waals surface area contributed by atoms with Gasteiger partial charge in [-0.15, -0.1) is 0 Å². The van der Waals surface area contributed by atoms with Crippen LogP contribution in [-0.4, -0.2) is 31.5 Å². The van der Waals surface area contributed by atoms with Gasteiger partial charge in [-0.05, 0) is 56.3 Å². The molecule has 140 valence electrons. The van der Waals surface area contributed by atoms with Crippen LogP contribution in [-0.2, 0) is 19.6 Å². The van der Waals surface area contributed by atoms with Gasteiger partial charge in [0.25, 0.3) is 0 Å². The number of rotatable bonds is 7. The van der Waals surface area contributed by atoms with E-state index in [4.69, 9.17) is 0 Å². The van der Waals surface area contributed by atoms with Gasteiger partial charge in [-0.25, -0.2) is 9.38 Å². The molecule has 2 rings (SSSR count). The summed E-state index contributed by atoms with van der Waals surface area (Å²) in [4.78, 5) is 6.79. The molecule has 0 spiro atoms. The lowest BCUT2D eigenvalue weighted by atomic mass is 10.1. The fraction of sp³-hybridized carbons (Fsp3) is 0.381. The van der Waals surface area contributed by atoms with Crippen LogP contribution in [0.2, 0.25) is 0 Å². The van der Waals surface area contributed by atoms with E-state index in [9.17, 15) is 4.39 Å². The van der Waals surface area contributed by atoms with Gasteiger partial charge in [-0.3, -0.25) is 0 Å². The third-order valence-electron chi connectivity index (χ3n) is 3.95. The van der Waals surface area contributed by atoms with Crippen molar-refractivity contribution < 1.29 is 4.39 Å². The van der Waals surface area contributed by atoms with Crippen LogP contribution in [0.15, 0.2) is 47.5 Å². The molecule has 0 saturated carbocycles. The van der Waals surface area contributed by atoms with Crippen molar-refractivity contribution in [3.05, 3.63) is 70.5 Å². The Morgan fingerprint density at radius 1 is 1.04 bits per heavy atom. The molecule has 0 aliphatic rings. The van der Waals surface area contributed by atoms with Crippen LogP contribution < -0.4 is 10.6 Å². The number of benzene rings is 2. The van der Waals surface area contributed by atoms with Crippen LogP contribution >= 0.6 is 0 Å². The van der Waals surface area contributed by atoms with Crippen LogP contribution in [0.4, 0.5) is 4.39 Å². The molecule has 5 heteroatoms. The SMILES string of the molecule is CCNC(=NCc1cccc(CN(C)C)c1)NCc1ccc(C)c(F)c1. The summed E-state index contributed by atoms with van der Waals surface area (Å²) in [6.07, 6.45) is 0. The highest BCUT2D eigenvalue weighted by Crippen LogP contribution is 2.10. The molecular formula is C21H29FN4. The Bertz CT molecular complexity index is 741. The highest BCUT2D eigenvalue weighted by atomic mass is 19.1. The summed E-state index contributed by atoms with van der Waals surface area (Å²) in [5, 5.41) is 6.50. The summed E-state index contributed by atoms with van der Waals surface area (Å²) in [5.41, 5.74) is 4.00. The predicted molar refractivity (Wildman–Crippen MR) is 107 cm³/mol. The monoisotopic (exact) mass is 356 g/mol. The topological polar surface area (TPSA) is 39.7 Å². The van der Waals surface area contributed by atoms with Crippen molar-refractivity contribution >= 4 is 5.96 Å². The van der Waals surface area contributed by atoms with Gasteiger partial charge in [0, 0.05) is 19.6 Å². The van der Waals surface area contributed by atoms with Gasteiger partial charge in [-0.1, -0.05) is 36.4 Å². The lowest BCUT2D eigenvalue weighted by Gasteiger charge is -2.13. The molecule has 26 heavy (non-hydrogen) atoms. The minimum absolute atomic E-state index is 0.177. The molecule has 0 fully saturated rings. The Hall–Kier alpha value is -2.40. The summed E-state index contributed by atoms with van der Waals surface area (Å²) in [5.74, 6) is 0.551. The van der Waals surface area contributed by atoms with Gasteiger partial charge in [0.15, 0.2) is 5.96 Å². The van der Waals surface area contributed by atoms with E-state index in [1.165, 1.54) is 11.1 Å². The highest BCUT2D eigenvalue weighted by Gasteiger charge is 2.03. The van der Waals surface area contributed by atoms with Gasteiger partial charge < -0.3 is 15.5 Å². The van der Waals surface area contributed by atoms with Gasteiger partial charge in [0.05, 0.1) is 6.54 Å². The number of hydrogen-bond acceptors (Lipinski definition) is 2. The molecule has 0 aliphatic carbocycles. The second kappa shape index (κ2) is 9.92. The van der Waals surface area contributed by atoms with Crippen molar-refractivity contribution in [2.45, 2.75) is 33.5 Å². The van der Waals surface area contributed by atoms with Crippen molar-refractivity contribution in [3.63, 3.8) is 0 Å². The lowest BCUT2D eigenvalue weighted by Crippen LogP contribution is -2.36. The van der Waals surface area contributed by atoms with E-state index in [2.05, 4.69) is 58.9 Å². The Morgan fingerprint density at radius 3 is 2.50 bits per heavy atom. The normalized spacial score (nSPS) is 11.7. The second-order valence-electron chi connectivity index (χ2n) is 6.69. The summed E-state index contributed by atoms with van der Waals surface area (Å²) < 4.78 is 13.7. The average molecular weight is 356 g/mol. The Kier molecular flexibility index (Phi) is 7.60. The van der Waals surface area contributed by atoms with Gasteiger partial charge in [0.2, 0.25) is 0 Å². The first-order valence-corrected chi connectivity index (χ1v) is 8.97. The molecular weight excluding hydrogens is 327 g/mol. The molecule has 0 atom stereocenters. The first-order valence-electron chi connectivity index (χ1n) is 8.97. The Labute approximate surface area is 156 Å². The zero-order valence-corrected chi connectivity index (χ0v) is 16.1. The third kappa shape index (κ3) is 6.48. The van der Waals surface area contributed by atoms with Crippen molar-refractivity contribution in [1.82, 2.24) is 15.5 Å². The molecule has 4 nitrogen and oxygen atoms in total. The molecule has 0 bridgehead atoms. The van der Waals surface area contributed by atoms with Gasteiger partial charge in [-0.2, -0.15) is 0 Å². The van der Waals surface area contributed by atoms with E-state index in [0.717, 1.165) is 24.6 Å². The zero-order chi connectivity index (χ0) is 18.9. The zero-order valence-electron chi connectivity index (χ0n) is 16.1. The van der Waals surface area contributed by atoms with Crippen LogP contribution in [0.3, 0.4) is 0 Å². The summed E-state index contributed by atoms with van der Waals surface area (Å²) in [6.45, 7) is 6.61. The number of aliphatic imine (C=N–C) groups is 1. The molecule has 0 aromatic heterocycles. The molecule has 2 N–H and O–H groups in total. The lowest BCUT2D eigenvalue weighted by molar-refractivity contribution is 0.402. The Balaban J connectivity index is 2.00. The second-order valence-corrected chi connectivity index (χ2v) is 6.69. The molecule has 0 unspecified atom stereocenters. The van der Waals surface area contributed by atoms with Crippen molar-refractivity contribution in [2.75, 3.05) is 20.6 Å². The van der Waals surface area contributed by atoms with E-state index >= 15 is 0 Å². The fourth-order valence-electron chi connectivity index (χ4n) is 2.64. The first kappa shape index (κ1) is 19.9. The number of nitrogens with one attached hydrogen (secondary N) is 2. The molecule has 2 aromatic rings. The van der Waals surface area contributed by atoms with Crippen LogP contribution in [0.25, 0.3) is 0 Å². The molecule has 0 amide bonds. The first-order chi connectivity index (χ1) is 12.5. The van der Waals surface area contributed by atoms with Crippen LogP contribution in [0.1, 0.15) is 29.2 Å². The number of aryl methyl sites for hydroxylation is 1. The molecule has 0 saturated heterocycles. The summed E-state index contributed by atoms with van der Waals surface area (Å²) in [7, 11) is 4.12. The summed E-state index contributed by atoms with van der Waals surface area (Å²) in [6, 6.07) is 13.8. The highest BCUT2D eigenvalue weighted by molar-refractivity contribution is 5.79. The van der Waals surface area contributed by atoms with E-state index in [-0.39, 0.29) is 5.82 Å². The predicted octanol–water partition coefficient (Wildman–Crippen LogP) is 3.45. The van der Waals surface area contributed by atoms with Crippen molar-refractivity contribution in [2.24, 2.45) is 4.99 Å². The number of nitrogens with zero attached hydrogens (tertiary/aromatic N) is 2. The standard InChI is InChI=1S/C21H29FN4/c1-5-23-21(25-14-18-10-9-16(2)20(22)12-18)24-13-17-7-6-8-19(11-17)15-26(3)4/h6-12H,5,13-15H2,1-4H3,(H2,23,24,25). The summed E-state index contributed by atoms with van der Waals surface area (Å²) >= 11 is 0. The third-order valence-corrected chi connectivity index (χ3v) is 3.95. The maximum absolute atomic E-state index is 13.7. The Morgan fingerprint density at radius 2 is 1.81 bits per heavy atom.